The first-order valence-electron chi connectivity index (χ1n) is 8.55. The van der Waals surface area contributed by atoms with Crippen LogP contribution in [0.5, 0.6) is 0 Å². The van der Waals surface area contributed by atoms with Crippen molar-refractivity contribution in [2.75, 3.05) is 13.1 Å². The molecule has 1 aliphatic heterocycles. The summed E-state index contributed by atoms with van der Waals surface area (Å²) in [6.07, 6.45) is 0.845. The van der Waals surface area contributed by atoms with Crippen LogP contribution in [-0.2, 0) is 14.6 Å². The number of sulfone groups is 1. The van der Waals surface area contributed by atoms with Gasteiger partial charge in [0.2, 0.25) is 5.91 Å². The Bertz CT molecular complexity index is 658. The molecule has 0 bridgehead atoms. The normalized spacial score (nSPS) is 21.6. The average Bonchev–Trinajstić information content (AvgIpc) is 3.02. The summed E-state index contributed by atoms with van der Waals surface area (Å²) in [5, 5.41) is 1.37. The minimum Gasteiger partial charge on any atom is -0.351 e. The van der Waals surface area contributed by atoms with Crippen LogP contribution >= 0.6 is 0 Å². The maximum absolute atomic E-state index is 12.3. The SMILES string of the molecule is CC(c1ccccc1)N1CCC(NC(=O)C(C)S(=O)(=O)C(C)C)C1. The Morgan fingerprint density at radius 3 is 2.38 bits per heavy atom. The molecule has 1 fully saturated rings. The third-order valence-electron chi connectivity index (χ3n) is 4.91. The number of hydrogen-bond donors (Lipinski definition) is 1. The number of hydrogen-bond acceptors (Lipinski definition) is 4. The summed E-state index contributed by atoms with van der Waals surface area (Å²) in [6.45, 7) is 8.49. The standard InChI is InChI=1S/C18H28N2O3S/c1-13(2)24(22,23)15(4)18(21)19-17-10-11-20(12-17)14(3)16-8-6-5-7-9-16/h5-9,13-15,17H,10-12H2,1-4H3,(H,19,21). The first-order chi connectivity index (χ1) is 11.2. The summed E-state index contributed by atoms with van der Waals surface area (Å²) in [4.78, 5) is 14.6. The van der Waals surface area contributed by atoms with Gasteiger partial charge < -0.3 is 5.32 Å². The van der Waals surface area contributed by atoms with Gasteiger partial charge in [0.05, 0.1) is 5.25 Å². The van der Waals surface area contributed by atoms with Gasteiger partial charge in [-0.25, -0.2) is 8.42 Å². The fraction of sp³-hybridized carbons (Fsp3) is 0.611. The van der Waals surface area contributed by atoms with Crippen molar-refractivity contribution < 1.29 is 13.2 Å². The molecule has 0 aromatic heterocycles. The van der Waals surface area contributed by atoms with Gasteiger partial charge >= 0.3 is 0 Å². The second kappa shape index (κ2) is 7.66. The van der Waals surface area contributed by atoms with Crippen LogP contribution in [0, 0.1) is 0 Å². The van der Waals surface area contributed by atoms with Crippen molar-refractivity contribution in [1.29, 1.82) is 0 Å². The number of nitrogens with one attached hydrogen (secondary N) is 1. The van der Waals surface area contributed by atoms with E-state index in [1.165, 1.54) is 12.5 Å². The summed E-state index contributed by atoms with van der Waals surface area (Å²) < 4.78 is 24.3. The fourth-order valence-corrected chi connectivity index (χ4v) is 4.26. The number of nitrogens with zero attached hydrogens (tertiary/aromatic N) is 1. The molecule has 0 saturated carbocycles. The molecule has 1 N–H and O–H groups in total. The highest BCUT2D eigenvalue weighted by atomic mass is 32.2. The summed E-state index contributed by atoms with van der Waals surface area (Å²) >= 11 is 0. The van der Waals surface area contributed by atoms with E-state index in [0.717, 1.165) is 19.5 Å². The molecular weight excluding hydrogens is 324 g/mol. The van der Waals surface area contributed by atoms with E-state index in [0.29, 0.717) is 0 Å². The van der Waals surface area contributed by atoms with Crippen molar-refractivity contribution in [3.63, 3.8) is 0 Å². The summed E-state index contributed by atoms with van der Waals surface area (Å²) in [7, 11) is -3.42. The molecule has 134 valence electrons. The van der Waals surface area contributed by atoms with E-state index < -0.39 is 20.3 Å². The summed E-state index contributed by atoms with van der Waals surface area (Å²) in [6, 6.07) is 10.6. The first kappa shape index (κ1) is 18.9. The second-order valence-corrected chi connectivity index (χ2v) is 9.68. The minimum absolute atomic E-state index is 0.00785. The molecule has 0 spiro atoms. The lowest BCUT2D eigenvalue weighted by Crippen LogP contribution is -2.46. The zero-order valence-electron chi connectivity index (χ0n) is 14.9. The molecule has 1 amide bonds. The number of carbonyl (C=O) groups is 1. The molecule has 1 aromatic rings. The zero-order chi connectivity index (χ0) is 17.9. The van der Waals surface area contributed by atoms with E-state index in [-0.39, 0.29) is 18.0 Å². The van der Waals surface area contributed by atoms with Crippen LogP contribution in [0.2, 0.25) is 0 Å². The smallest absolute Gasteiger partial charge is 0.238 e. The van der Waals surface area contributed by atoms with Crippen LogP contribution in [0.15, 0.2) is 30.3 Å². The number of benzene rings is 1. The second-order valence-electron chi connectivity index (χ2n) is 6.86. The molecule has 2 rings (SSSR count). The van der Waals surface area contributed by atoms with E-state index in [4.69, 9.17) is 0 Å². The van der Waals surface area contributed by atoms with Gasteiger partial charge in [-0.15, -0.1) is 0 Å². The molecular formula is C18H28N2O3S. The van der Waals surface area contributed by atoms with Gasteiger partial charge in [0, 0.05) is 25.2 Å². The molecule has 1 saturated heterocycles. The molecule has 6 heteroatoms. The zero-order valence-corrected chi connectivity index (χ0v) is 15.7. The maximum Gasteiger partial charge on any atom is 0.238 e. The Morgan fingerprint density at radius 2 is 1.79 bits per heavy atom. The summed E-state index contributed by atoms with van der Waals surface area (Å²) in [5.41, 5.74) is 1.25. The van der Waals surface area contributed by atoms with Crippen LogP contribution in [0.25, 0.3) is 0 Å². The van der Waals surface area contributed by atoms with Crippen LogP contribution in [0.4, 0.5) is 0 Å². The van der Waals surface area contributed by atoms with Gasteiger partial charge in [0.15, 0.2) is 9.84 Å². The lowest BCUT2D eigenvalue weighted by molar-refractivity contribution is -0.121. The molecule has 5 nitrogen and oxygen atoms in total. The first-order valence-corrected chi connectivity index (χ1v) is 10.2. The molecule has 3 atom stereocenters. The van der Waals surface area contributed by atoms with Crippen molar-refractivity contribution in [1.82, 2.24) is 10.2 Å². The van der Waals surface area contributed by atoms with Crippen molar-refractivity contribution in [3.8, 4) is 0 Å². The van der Waals surface area contributed by atoms with E-state index in [1.54, 1.807) is 13.8 Å². The van der Waals surface area contributed by atoms with Crippen molar-refractivity contribution in [2.24, 2.45) is 0 Å². The number of likely N-dealkylation sites (tertiary alicyclic amines) is 1. The third kappa shape index (κ3) is 4.16. The van der Waals surface area contributed by atoms with E-state index >= 15 is 0 Å². The molecule has 3 unspecified atom stereocenters. The van der Waals surface area contributed by atoms with Gasteiger partial charge in [-0.2, -0.15) is 0 Å². The highest BCUT2D eigenvalue weighted by molar-refractivity contribution is 7.93. The van der Waals surface area contributed by atoms with Gasteiger partial charge in [-0.3, -0.25) is 9.69 Å². The molecule has 1 heterocycles. The van der Waals surface area contributed by atoms with Gasteiger partial charge in [-0.05, 0) is 39.7 Å². The fourth-order valence-electron chi connectivity index (χ4n) is 3.08. The van der Waals surface area contributed by atoms with E-state index in [1.807, 2.05) is 18.2 Å². The number of carbonyl (C=O) groups excluding carboxylic acids is 1. The van der Waals surface area contributed by atoms with Crippen LogP contribution in [-0.4, -0.2) is 48.9 Å². The van der Waals surface area contributed by atoms with Crippen LogP contribution < -0.4 is 5.32 Å². The van der Waals surface area contributed by atoms with Crippen LogP contribution in [0.1, 0.15) is 45.7 Å². The summed E-state index contributed by atoms with van der Waals surface area (Å²) in [5.74, 6) is -0.386. The highest BCUT2D eigenvalue weighted by Gasteiger charge is 2.34. The molecule has 0 aliphatic carbocycles. The quantitative estimate of drug-likeness (QED) is 0.852. The maximum atomic E-state index is 12.3. The Labute approximate surface area is 145 Å². The number of rotatable bonds is 6. The monoisotopic (exact) mass is 352 g/mol. The predicted octanol–water partition coefficient (Wildman–Crippen LogP) is 2.15. The lowest BCUT2D eigenvalue weighted by Gasteiger charge is -2.25. The molecule has 1 aliphatic rings. The topological polar surface area (TPSA) is 66.5 Å². The Morgan fingerprint density at radius 1 is 1.17 bits per heavy atom. The molecule has 1 aromatic carbocycles. The highest BCUT2D eigenvalue weighted by Crippen LogP contribution is 2.24. The van der Waals surface area contributed by atoms with Crippen LogP contribution in [0.3, 0.4) is 0 Å². The average molecular weight is 353 g/mol. The largest absolute Gasteiger partial charge is 0.351 e. The van der Waals surface area contributed by atoms with Crippen molar-refractivity contribution in [2.45, 2.75) is 56.7 Å². The third-order valence-corrected chi connectivity index (χ3v) is 7.43. The Balaban J connectivity index is 1.93. The number of amides is 1. The predicted molar refractivity (Wildman–Crippen MR) is 96.5 cm³/mol. The van der Waals surface area contributed by atoms with Gasteiger partial charge in [0.1, 0.15) is 5.25 Å². The Hall–Kier alpha value is -1.40. The van der Waals surface area contributed by atoms with Crippen molar-refractivity contribution >= 4 is 15.7 Å². The minimum atomic E-state index is -3.42. The van der Waals surface area contributed by atoms with Gasteiger partial charge in [-0.1, -0.05) is 30.3 Å². The van der Waals surface area contributed by atoms with Crippen molar-refractivity contribution in [3.05, 3.63) is 35.9 Å². The molecule has 24 heavy (non-hydrogen) atoms. The van der Waals surface area contributed by atoms with E-state index in [9.17, 15) is 13.2 Å². The van der Waals surface area contributed by atoms with E-state index in [2.05, 4.69) is 29.3 Å². The molecule has 0 radical (unpaired) electrons. The van der Waals surface area contributed by atoms with Gasteiger partial charge in [0.25, 0.3) is 0 Å². The lowest BCUT2D eigenvalue weighted by atomic mass is 10.1. The Kier molecular flexibility index (Phi) is 6.04.